The molecule has 0 aliphatic carbocycles. The summed E-state index contributed by atoms with van der Waals surface area (Å²) < 4.78 is 0. The Morgan fingerprint density at radius 2 is 2.17 bits per heavy atom. The molecule has 1 N–H and O–H groups in total. The van der Waals surface area contributed by atoms with E-state index < -0.39 is 4.92 Å². The molecule has 6 heteroatoms. The maximum absolute atomic E-state index is 10.8. The van der Waals surface area contributed by atoms with E-state index in [0.717, 1.165) is 11.4 Å². The second-order valence-corrected chi connectivity index (χ2v) is 3.76. The van der Waals surface area contributed by atoms with Crippen molar-refractivity contribution in [1.29, 1.82) is 0 Å². The SMILES string of the molecule is Cc1cccc(CNc2cccnc2[N+](=O)[O-])n1. The van der Waals surface area contributed by atoms with Crippen LogP contribution in [0.5, 0.6) is 0 Å². The topological polar surface area (TPSA) is 81.0 Å². The molecule has 2 aromatic rings. The van der Waals surface area contributed by atoms with Crippen molar-refractivity contribution in [2.24, 2.45) is 0 Å². The Kier molecular flexibility index (Phi) is 3.47. The van der Waals surface area contributed by atoms with E-state index in [2.05, 4.69) is 15.3 Å². The molecule has 2 aromatic heterocycles. The van der Waals surface area contributed by atoms with E-state index >= 15 is 0 Å². The first-order valence-corrected chi connectivity index (χ1v) is 5.42. The molecule has 0 radical (unpaired) electrons. The van der Waals surface area contributed by atoms with Gasteiger partial charge in [-0.15, -0.1) is 0 Å². The molecule has 92 valence electrons. The van der Waals surface area contributed by atoms with Gasteiger partial charge in [-0.2, -0.15) is 0 Å². The summed E-state index contributed by atoms with van der Waals surface area (Å²) in [6.07, 6.45) is 1.40. The second-order valence-electron chi connectivity index (χ2n) is 3.76. The summed E-state index contributed by atoms with van der Waals surface area (Å²) in [6, 6.07) is 8.94. The number of nitrogens with one attached hydrogen (secondary N) is 1. The van der Waals surface area contributed by atoms with Gasteiger partial charge in [-0.3, -0.25) is 4.98 Å². The first-order valence-electron chi connectivity index (χ1n) is 5.42. The van der Waals surface area contributed by atoms with Gasteiger partial charge in [0.15, 0.2) is 0 Å². The minimum absolute atomic E-state index is 0.176. The summed E-state index contributed by atoms with van der Waals surface area (Å²) in [7, 11) is 0. The molecule has 0 aromatic carbocycles. The molecule has 6 nitrogen and oxygen atoms in total. The summed E-state index contributed by atoms with van der Waals surface area (Å²) >= 11 is 0. The highest BCUT2D eigenvalue weighted by Crippen LogP contribution is 2.20. The number of aryl methyl sites for hydroxylation is 1. The van der Waals surface area contributed by atoms with Crippen LogP contribution in [0.2, 0.25) is 0 Å². The standard InChI is InChI=1S/C12H12N4O2/c1-9-4-2-5-10(15-9)8-14-11-6-3-7-13-12(11)16(17)18/h2-7,14H,8H2,1H3. The molecular formula is C12H12N4O2. The summed E-state index contributed by atoms with van der Waals surface area (Å²) in [4.78, 5) is 18.3. The van der Waals surface area contributed by atoms with Crippen LogP contribution in [0.3, 0.4) is 0 Å². The molecule has 0 amide bonds. The second kappa shape index (κ2) is 5.22. The van der Waals surface area contributed by atoms with Crippen LogP contribution in [0.25, 0.3) is 0 Å². The van der Waals surface area contributed by atoms with Crippen LogP contribution in [0.4, 0.5) is 11.5 Å². The molecule has 0 atom stereocenters. The van der Waals surface area contributed by atoms with Gasteiger partial charge in [0.05, 0.1) is 12.2 Å². The predicted molar refractivity (Wildman–Crippen MR) is 67.2 cm³/mol. The number of hydrogen-bond acceptors (Lipinski definition) is 5. The zero-order valence-electron chi connectivity index (χ0n) is 9.83. The van der Waals surface area contributed by atoms with Crippen molar-refractivity contribution in [3.8, 4) is 0 Å². The number of anilines is 1. The van der Waals surface area contributed by atoms with E-state index in [9.17, 15) is 10.1 Å². The highest BCUT2D eigenvalue weighted by molar-refractivity contribution is 5.56. The molecule has 0 saturated carbocycles. The third kappa shape index (κ3) is 2.79. The van der Waals surface area contributed by atoms with E-state index in [1.807, 2.05) is 25.1 Å². The molecule has 18 heavy (non-hydrogen) atoms. The van der Waals surface area contributed by atoms with Crippen LogP contribution in [0.15, 0.2) is 36.5 Å². The van der Waals surface area contributed by atoms with Gasteiger partial charge in [-0.1, -0.05) is 6.07 Å². The molecular weight excluding hydrogens is 232 g/mol. The van der Waals surface area contributed by atoms with E-state index in [0.29, 0.717) is 12.2 Å². The van der Waals surface area contributed by atoms with E-state index in [1.54, 1.807) is 12.1 Å². The summed E-state index contributed by atoms with van der Waals surface area (Å²) in [5, 5.41) is 13.7. The molecule has 0 saturated heterocycles. The number of nitro groups is 1. The highest BCUT2D eigenvalue weighted by atomic mass is 16.6. The Morgan fingerprint density at radius 3 is 2.89 bits per heavy atom. The zero-order chi connectivity index (χ0) is 13.0. The van der Waals surface area contributed by atoms with Gasteiger partial charge < -0.3 is 15.4 Å². The Morgan fingerprint density at radius 1 is 1.33 bits per heavy atom. The fraction of sp³-hybridized carbons (Fsp3) is 0.167. The smallest absolute Gasteiger partial charge is 0.372 e. The van der Waals surface area contributed by atoms with Gasteiger partial charge in [0.25, 0.3) is 0 Å². The van der Waals surface area contributed by atoms with Crippen LogP contribution < -0.4 is 5.32 Å². The normalized spacial score (nSPS) is 10.1. The van der Waals surface area contributed by atoms with Crippen LogP contribution in [-0.2, 0) is 6.54 Å². The molecule has 0 aliphatic heterocycles. The molecule has 2 heterocycles. The summed E-state index contributed by atoms with van der Waals surface area (Å²) in [5.41, 5.74) is 2.13. The number of aromatic nitrogens is 2. The van der Waals surface area contributed by atoms with Crippen molar-refractivity contribution < 1.29 is 4.92 Å². The van der Waals surface area contributed by atoms with Crippen molar-refractivity contribution in [2.45, 2.75) is 13.5 Å². The average Bonchev–Trinajstić information content (AvgIpc) is 2.37. The van der Waals surface area contributed by atoms with Gasteiger partial charge in [0.2, 0.25) is 0 Å². The van der Waals surface area contributed by atoms with Crippen molar-refractivity contribution >= 4 is 11.5 Å². The molecule has 0 fully saturated rings. The summed E-state index contributed by atoms with van der Waals surface area (Å²) in [5.74, 6) is -0.176. The third-order valence-corrected chi connectivity index (χ3v) is 2.37. The van der Waals surface area contributed by atoms with E-state index in [-0.39, 0.29) is 5.82 Å². The Hall–Kier alpha value is -2.50. The fourth-order valence-corrected chi connectivity index (χ4v) is 1.56. The monoisotopic (exact) mass is 244 g/mol. The lowest BCUT2D eigenvalue weighted by Gasteiger charge is -2.06. The molecule has 0 unspecified atom stereocenters. The van der Waals surface area contributed by atoms with Crippen molar-refractivity contribution in [3.05, 3.63) is 58.0 Å². The molecule has 0 bridgehead atoms. The van der Waals surface area contributed by atoms with Gasteiger partial charge in [0, 0.05) is 5.69 Å². The number of nitrogens with zero attached hydrogens (tertiary/aromatic N) is 3. The Balaban J connectivity index is 2.13. The number of rotatable bonds is 4. The minimum atomic E-state index is -0.508. The van der Waals surface area contributed by atoms with Crippen LogP contribution in [-0.4, -0.2) is 14.9 Å². The highest BCUT2D eigenvalue weighted by Gasteiger charge is 2.13. The van der Waals surface area contributed by atoms with Gasteiger partial charge >= 0.3 is 5.82 Å². The van der Waals surface area contributed by atoms with Gasteiger partial charge in [0.1, 0.15) is 11.9 Å². The lowest BCUT2D eigenvalue weighted by molar-refractivity contribution is -0.388. The Bertz CT molecular complexity index is 572. The summed E-state index contributed by atoms with van der Waals surface area (Å²) in [6.45, 7) is 2.32. The zero-order valence-corrected chi connectivity index (χ0v) is 9.83. The molecule has 0 spiro atoms. The minimum Gasteiger partial charge on any atom is -0.372 e. The van der Waals surface area contributed by atoms with Gasteiger partial charge in [-0.05, 0) is 41.1 Å². The lowest BCUT2D eigenvalue weighted by atomic mass is 10.3. The first-order chi connectivity index (χ1) is 8.66. The van der Waals surface area contributed by atoms with Crippen molar-refractivity contribution in [2.75, 3.05) is 5.32 Å². The van der Waals surface area contributed by atoms with E-state index in [4.69, 9.17) is 0 Å². The first kappa shape index (κ1) is 12.0. The van der Waals surface area contributed by atoms with Crippen LogP contribution in [0, 0.1) is 17.0 Å². The van der Waals surface area contributed by atoms with Crippen LogP contribution >= 0.6 is 0 Å². The van der Waals surface area contributed by atoms with Crippen LogP contribution in [0.1, 0.15) is 11.4 Å². The maximum atomic E-state index is 10.8. The van der Waals surface area contributed by atoms with Crippen molar-refractivity contribution in [3.63, 3.8) is 0 Å². The van der Waals surface area contributed by atoms with Gasteiger partial charge in [-0.25, -0.2) is 0 Å². The van der Waals surface area contributed by atoms with E-state index in [1.165, 1.54) is 6.20 Å². The number of hydrogen-bond donors (Lipinski definition) is 1. The average molecular weight is 244 g/mol. The Labute approximate surface area is 104 Å². The van der Waals surface area contributed by atoms with Crippen molar-refractivity contribution in [1.82, 2.24) is 9.97 Å². The fourth-order valence-electron chi connectivity index (χ4n) is 1.56. The third-order valence-electron chi connectivity index (χ3n) is 2.37. The molecule has 2 rings (SSSR count). The number of pyridine rings is 2. The molecule has 0 aliphatic rings. The largest absolute Gasteiger partial charge is 0.386 e. The quantitative estimate of drug-likeness (QED) is 0.659. The predicted octanol–water partition coefficient (Wildman–Crippen LogP) is 2.31. The maximum Gasteiger partial charge on any atom is 0.386 e. The lowest BCUT2D eigenvalue weighted by Crippen LogP contribution is -2.05.